The van der Waals surface area contributed by atoms with Gasteiger partial charge in [0.2, 0.25) is 10.0 Å². The van der Waals surface area contributed by atoms with Crippen molar-refractivity contribution in [2.75, 3.05) is 19.6 Å². The van der Waals surface area contributed by atoms with Crippen LogP contribution < -0.4 is 4.72 Å². The number of nitrogens with one attached hydrogen (secondary N) is 1. The van der Waals surface area contributed by atoms with Gasteiger partial charge in [-0.25, -0.2) is 18.1 Å². The van der Waals surface area contributed by atoms with E-state index in [9.17, 15) is 13.2 Å². The molecular formula is C20H30N4O3S2. The highest BCUT2D eigenvalue weighted by Crippen LogP contribution is 2.33. The Morgan fingerprint density at radius 3 is 2.55 bits per heavy atom. The number of amides is 1. The molecule has 9 heteroatoms. The highest BCUT2D eigenvalue weighted by molar-refractivity contribution is 7.89. The summed E-state index contributed by atoms with van der Waals surface area (Å²) in [7, 11) is -1.77. The second-order valence-electron chi connectivity index (χ2n) is 8.05. The van der Waals surface area contributed by atoms with Gasteiger partial charge in [0, 0.05) is 32.4 Å². The molecule has 3 rings (SSSR count). The van der Waals surface area contributed by atoms with Crippen molar-refractivity contribution >= 4 is 27.3 Å². The largest absolute Gasteiger partial charge is 0.345 e. The number of hydrogen-bond acceptors (Lipinski definition) is 5. The first-order chi connectivity index (χ1) is 13.6. The summed E-state index contributed by atoms with van der Waals surface area (Å²) in [5, 5.41) is 0.666. The maximum atomic E-state index is 12.8. The van der Waals surface area contributed by atoms with Gasteiger partial charge >= 0.3 is 0 Å². The minimum absolute atomic E-state index is 0.0258. The molecule has 1 fully saturated rings. The molecule has 3 heterocycles. The van der Waals surface area contributed by atoms with Crippen molar-refractivity contribution in [3.8, 4) is 10.7 Å². The van der Waals surface area contributed by atoms with Crippen LogP contribution in [0.5, 0.6) is 0 Å². The standard InChI is InChI=1S/C20H30N4O3S2/c1-13(2)8-9-21-29(26,27)17-12-16(23(5)15(17)4)19-22-14(3)18(28-19)20(25)24-10-6-7-11-24/h12-13,21H,6-11H2,1-5H3. The highest BCUT2D eigenvalue weighted by Gasteiger charge is 2.27. The fraction of sp³-hybridized carbons (Fsp3) is 0.600. The molecule has 0 saturated carbocycles. The molecular weight excluding hydrogens is 408 g/mol. The number of aromatic nitrogens is 2. The van der Waals surface area contributed by atoms with E-state index in [0.29, 0.717) is 39.4 Å². The normalized spacial score (nSPS) is 14.9. The zero-order chi connectivity index (χ0) is 21.3. The Kier molecular flexibility index (Phi) is 6.50. The fourth-order valence-corrected chi connectivity index (χ4v) is 5.90. The number of hydrogen-bond donors (Lipinski definition) is 1. The Balaban J connectivity index is 1.90. The zero-order valence-electron chi connectivity index (χ0n) is 17.8. The van der Waals surface area contributed by atoms with Gasteiger partial charge in [0.05, 0.1) is 11.4 Å². The molecule has 0 spiro atoms. The Bertz CT molecular complexity index is 999. The van der Waals surface area contributed by atoms with Gasteiger partial charge in [-0.2, -0.15) is 0 Å². The van der Waals surface area contributed by atoms with Crippen molar-refractivity contribution < 1.29 is 13.2 Å². The van der Waals surface area contributed by atoms with E-state index in [1.165, 1.54) is 11.3 Å². The molecule has 7 nitrogen and oxygen atoms in total. The van der Waals surface area contributed by atoms with Gasteiger partial charge in [-0.15, -0.1) is 11.3 Å². The second-order valence-corrected chi connectivity index (χ2v) is 10.8. The van der Waals surface area contributed by atoms with Crippen molar-refractivity contribution in [3.63, 3.8) is 0 Å². The molecule has 0 bridgehead atoms. The summed E-state index contributed by atoms with van der Waals surface area (Å²) in [4.78, 5) is 20.1. The molecule has 1 aliphatic rings. The third-order valence-electron chi connectivity index (χ3n) is 5.40. The summed E-state index contributed by atoms with van der Waals surface area (Å²) in [5.74, 6) is 0.452. The molecule has 0 atom stereocenters. The van der Waals surface area contributed by atoms with Crippen LogP contribution in [-0.4, -0.2) is 48.4 Å². The third-order valence-corrected chi connectivity index (χ3v) is 8.14. The Labute approximate surface area is 177 Å². The molecule has 2 aromatic rings. The van der Waals surface area contributed by atoms with Crippen LogP contribution in [0, 0.1) is 19.8 Å². The Morgan fingerprint density at radius 2 is 1.93 bits per heavy atom. The van der Waals surface area contributed by atoms with Gasteiger partial charge in [-0.05, 0) is 45.1 Å². The molecule has 1 amide bonds. The van der Waals surface area contributed by atoms with E-state index in [1.54, 1.807) is 13.0 Å². The van der Waals surface area contributed by atoms with E-state index >= 15 is 0 Å². The van der Waals surface area contributed by atoms with Crippen LogP contribution in [0.1, 0.15) is 54.2 Å². The number of nitrogens with zero attached hydrogens (tertiary/aromatic N) is 3. The third kappa shape index (κ3) is 4.57. The molecule has 0 aliphatic carbocycles. The quantitative estimate of drug-likeness (QED) is 0.719. The molecule has 160 valence electrons. The summed E-state index contributed by atoms with van der Waals surface area (Å²) in [5.41, 5.74) is 2.05. The van der Waals surface area contributed by atoms with Crippen LogP contribution in [0.25, 0.3) is 10.7 Å². The van der Waals surface area contributed by atoms with Crippen LogP contribution >= 0.6 is 11.3 Å². The van der Waals surface area contributed by atoms with Crippen molar-refractivity contribution in [2.24, 2.45) is 13.0 Å². The lowest BCUT2D eigenvalue weighted by Crippen LogP contribution is -2.27. The maximum Gasteiger partial charge on any atom is 0.265 e. The monoisotopic (exact) mass is 438 g/mol. The van der Waals surface area contributed by atoms with Crippen LogP contribution in [0.2, 0.25) is 0 Å². The lowest BCUT2D eigenvalue weighted by atomic mass is 10.1. The van der Waals surface area contributed by atoms with Crippen molar-refractivity contribution in [1.82, 2.24) is 19.2 Å². The van der Waals surface area contributed by atoms with Crippen molar-refractivity contribution in [2.45, 2.75) is 51.9 Å². The summed E-state index contributed by atoms with van der Waals surface area (Å²) in [6.45, 7) is 9.74. The minimum Gasteiger partial charge on any atom is -0.345 e. The highest BCUT2D eigenvalue weighted by atomic mass is 32.2. The van der Waals surface area contributed by atoms with Crippen LogP contribution in [0.3, 0.4) is 0 Å². The number of carbonyl (C=O) groups is 1. The van der Waals surface area contributed by atoms with Gasteiger partial charge in [0.15, 0.2) is 0 Å². The van der Waals surface area contributed by atoms with E-state index in [0.717, 1.165) is 32.4 Å². The lowest BCUT2D eigenvalue weighted by Gasteiger charge is -2.13. The van der Waals surface area contributed by atoms with E-state index < -0.39 is 10.0 Å². The lowest BCUT2D eigenvalue weighted by molar-refractivity contribution is 0.0796. The maximum absolute atomic E-state index is 12.8. The number of aryl methyl sites for hydroxylation is 1. The van der Waals surface area contributed by atoms with Gasteiger partial charge in [0.25, 0.3) is 5.91 Å². The summed E-state index contributed by atoms with van der Waals surface area (Å²) >= 11 is 1.34. The van der Waals surface area contributed by atoms with Gasteiger partial charge in [-0.3, -0.25) is 4.79 Å². The first kappa shape index (κ1) is 22.0. The van der Waals surface area contributed by atoms with Crippen molar-refractivity contribution in [3.05, 3.63) is 22.3 Å². The second kappa shape index (κ2) is 8.57. The smallest absolute Gasteiger partial charge is 0.265 e. The number of thiazole rings is 1. The van der Waals surface area contributed by atoms with E-state index in [-0.39, 0.29) is 10.8 Å². The first-order valence-corrected chi connectivity index (χ1v) is 12.3. The van der Waals surface area contributed by atoms with Crippen LogP contribution in [-0.2, 0) is 17.1 Å². The number of sulfonamides is 1. The Hall–Kier alpha value is -1.71. The summed E-state index contributed by atoms with van der Waals surface area (Å²) in [6, 6.07) is 1.66. The predicted octanol–water partition coefficient (Wildman–Crippen LogP) is 3.33. The summed E-state index contributed by atoms with van der Waals surface area (Å²) < 4.78 is 30.1. The molecule has 1 N–H and O–H groups in total. The average Bonchev–Trinajstić information content (AvgIpc) is 3.35. The van der Waals surface area contributed by atoms with E-state index in [2.05, 4.69) is 23.6 Å². The first-order valence-electron chi connectivity index (χ1n) is 10.0. The molecule has 1 aliphatic heterocycles. The molecule has 0 aromatic carbocycles. The van der Waals surface area contributed by atoms with Crippen LogP contribution in [0.4, 0.5) is 0 Å². The van der Waals surface area contributed by atoms with Gasteiger partial charge in [0.1, 0.15) is 14.8 Å². The van der Waals surface area contributed by atoms with Crippen LogP contribution in [0.15, 0.2) is 11.0 Å². The SMILES string of the molecule is Cc1nc(-c2cc(S(=O)(=O)NCCC(C)C)c(C)n2C)sc1C(=O)N1CCCC1. The van der Waals surface area contributed by atoms with Gasteiger partial charge < -0.3 is 9.47 Å². The number of carbonyl (C=O) groups excluding carboxylic acids is 1. The van der Waals surface area contributed by atoms with Gasteiger partial charge in [-0.1, -0.05) is 13.8 Å². The molecule has 2 aromatic heterocycles. The van der Waals surface area contributed by atoms with E-state index in [1.807, 2.05) is 23.4 Å². The number of rotatable bonds is 7. The summed E-state index contributed by atoms with van der Waals surface area (Å²) in [6.07, 6.45) is 2.86. The zero-order valence-corrected chi connectivity index (χ0v) is 19.4. The molecule has 0 radical (unpaired) electrons. The van der Waals surface area contributed by atoms with Crippen molar-refractivity contribution in [1.29, 1.82) is 0 Å². The molecule has 29 heavy (non-hydrogen) atoms. The topological polar surface area (TPSA) is 84.3 Å². The predicted molar refractivity (Wildman–Crippen MR) is 116 cm³/mol. The minimum atomic E-state index is -3.60. The molecule has 1 saturated heterocycles. The average molecular weight is 439 g/mol. The van der Waals surface area contributed by atoms with E-state index in [4.69, 9.17) is 0 Å². The fourth-order valence-electron chi connectivity index (χ4n) is 3.48. The Morgan fingerprint density at radius 1 is 1.28 bits per heavy atom. The molecule has 0 unspecified atom stereocenters. The number of likely N-dealkylation sites (tertiary alicyclic amines) is 1.